The molecule has 0 aliphatic rings. The summed E-state index contributed by atoms with van der Waals surface area (Å²) in [7, 11) is -4.06. The predicted molar refractivity (Wildman–Crippen MR) is 71.5 cm³/mol. The van der Waals surface area contributed by atoms with E-state index in [0.29, 0.717) is 0 Å². The lowest BCUT2D eigenvalue weighted by Crippen LogP contribution is -2.40. The highest BCUT2D eigenvalue weighted by molar-refractivity contribution is 7.89. The maximum Gasteiger partial charge on any atom is 0.243 e. The molecule has 0 atom stereocenters. The Morgan fingerprint density at radius 1 is 1.32 bits per heavy atom. The zero-order chi connectivity index (χ0) is 15.0. The smallest absolute Gasteiger partial charge is 0.243 e. The molecule has 1 rings (SSSR count). The van der Waals surface area contributed by atoms with Crippen molar-refractivity contribution in [2.75, 3.05) is 0 Å². The largest absolute Gasteiger partial charge is 0.294 e. The quantitative estimate of drug-likeness (QED) is 0.873. The Morgan fingerprint density at radius 3 is 2.26 bits per heavy atom. The Morgan fingerprint density at radius 2 is 1.84 bits per heavy atom. The van der Waals surface area contributed by atoms with Gasteiger partial charge in [0.05, 0.1) is 5.02 Å². The second kappa shape index (κ2) is 5.19. The molecule has 106 valence electrons. The molecule has 0 unspecified atom stereocenters. The second-order valence-electron chi connectivity index (χ2n) is 5.17. The maximum absolute atomic E-state index is 13.7. The van der Waals surface area contributed by atoms with E-state index in [2.05, 4.69) is 4.72 Å². The predicted octanol–water partition coefficient (Wildman–Crippen LogP) is 2.76. The molecular weight excluding hydrogens is 293 g/mol. The number of hydrogen-bond donors (Lipinski definition) is 1. The van der Waals surface area contributed by atoms with Crippen LogP contribution in [0.5, 0.6) is 0 Å². The number of sulfonamides is 1. The van der Waals surface area contributed by atoms with Gasteiger partial charge in [0, 0.05) is 11.1 Å². The van der Waals surface area contributed by atoms with Gasteiger partial charge < -0.3 is 0 Å². The third-order valence-corrected chi connectivity index (χ3v) is 4.22. The summed E-state index contributed by atoms with van der Waals surface area (Å²) in [5.74, 6) is -1.43. The standard InChI is InChI=1S/C12H15ClFNO3S/c1-7(16)8-5-11(10(14)6-9(8)13)19(17,18)15-12(2,3)4/h5-6,15H,1-4H3. The number of hydrogen-bond acceptors (Lipinski definition) is 3. The number of carbonyl (C=O) groups is 1. The van der Waals surface area contributed by atoms with Crippen molar-refractivity contribution >= 4 is 27.4 Å². The van der Waals surface area contributed by atoms with E-state index in [9.17, 15) is 17.6 Å². The maximum atomic E-state index is 13.7. The van der Waals surface area contributed by atoms with E-state index in [4.69, 9.17) is 11.6 Å². The van der Waals surface area contributed by atoms with Gasteiger partial charge in [0.25, 0.3) is 0 Å². The minimum absolute atomic E-state index is 0.0302. The van der Waals surface area contributed by atoms with E-state index in [-0.39, 0.29) is 10.6 Å². The van der Waals surface area contributed by atoms with E-state index >= 15 is 0 Å². The molecule has 0 radical (unpaired) electrons. The first-order chi connectivity index (χ1) is 8.44. The lowest BCUT2D eigenvalue weighted by atomic mass is 10.1. The number of halogens is 2. The van der Waals surface area contributed by atoms with Crippen molar-refractivity contribution < 1.29 is 17.6 Å². The first-order valence-electron chi connectivity index (χ1n) is 5.48. The summed E-state index contributed by atoms with van der Waals surface area (Å²) in [5, 5.41) is -0.111. The van der Waals surface area contributed by atoms with E-state index in [1.165, 1.54) is 6.92 Å². The summed E-state index contributed by atoms with van der Waals surface area (Å²) >= 11 is 5.70. The molecule has 0 aromatic heterocycles. The van der Waals surface area contributed by atoms with Crippen LogP contribution in [0.25, 0.3) is 0 Å². The average Bonchev–Trinajstić information content (AvgIpc) is 2.11. The van der Waals surface area contributed by atoms with Crippen molar-refractivity contribution in [3.05, 3.63) is 28.5 Å². The summed E-state index contributed by atoms with van der Waals surface area (Å²) in [6.45, 7) is 6.12. The van der Waals surface area contributed by atoms with Crippen molar-refractivity contribution in [3.8, 4) is 0 Å². The zero-order valence-electron chi connectivity index (χ0n) is 11.0. The number of carbonyl (C=O) groups excluding carboxylic acids is 1. The van der Waals surface area contributed by atoms with Crippen molar-refractivity contribution in [2.45, 2.75) is 38.1 Å². The molecule has 0 bridgehead atoms. The zero-order valence-corrected chi connectivity index (χ0v) is 12.6. The van der Waals surface area contributed by atoms with E-state index in [1.54, 1.807) is 20.8 Å². The summed E-state index contributed by atoms with van der Waals surface area (Å²) in [5.41, 5.74) is -0.793. The third-order valence-electron chi connectivity index (χ3n) is 2.13. The molecule has 4 nitrogen and oxygen atoms in total. The van der Waals surface area contributed by atoms with Crippen LogP contribution >= 0.6 is 11.6 Å². The molecule has 1 N–H and O–H groups in total. The highest BCUT2D eigenvalue weighted by atomic mass is 35.5. The molecule has 0 spiro atoms. The molecule has 0 heterocycles. The van der Waals surface area contributed by atoms with E-state index in [1.807, 2.05) is 0 Å². The summed E-state index contributed by atoms with van der Waals surface area (Å²) in [6, 6.07) is 1.78. The van der Waals surface area contributed by atoms with Gasteiger partial charge in [-0.05, 0) is 39.8 Å². The van der Waals surface area contributed by atoms with Crippen LogP contribution in [-0.4, -0.2) is 19.7 Å². The van der Waals surface area contributed by atoms with Crippen LogP contribution in [0.4, 0.5) is 4.39 Å². The van der Waals surface area contributed by atoms with Crippen LogP contribution in [0.2, 0.25) is 5.02 Å². The van der Waals surface area contributed by atoms with Crippen LogP contribution in [0.1, 0.15) is 38.1 Å². The average molecular weight is 308 g/mol. The van der Waals surface area contributed by atoms with Gasteiger partial charge >= 0.3 is 0 Å². The first kappa shape index (κ1) is 16.1. The summed E-state index contributed by atoms with van der Waals surface area (Å²) < 4.78 is 40.2. The molecule has 1 aromatic carbocycles. The van der Waals surface area contributed by atoms with Gasteiger partial charge in [-0.25, -0.2) is 17.5 Å². The molecule has 0 fully saturated rings. The Labute approximate surface area is 117 Å². The topological polar surface area (TPSA) is 63.2 Å². The third kappa shape index (κ3) is 3.99. The van der Waals surface area contributed by atoms with Crippen molar-refractivity contribution in [2.24, 2.45) is 0 Å². The Hall–Kier alpha value is -0.980. The highest BCUT2D eigenvalue weighted by Crippen LogP contribution is 2.25. The molecule has 0 saturated heterocycles. The van der Waals surface area contributed by atoms with Crippen molar-refractivity contribution in [1.82, 2.24) is 4.72 Å². The molecule has 0 amide bonds. The van der Waals surface area contributed by atoms with Gasteiger partial charge in [0.2, 0.25) is 10.0 Å². The minimum atomic E-state index is -4.06. The Bertz CT molecular complexity index is 621. The molecule has 1 aromatic rings. The lowest BCUT2D eigenvalue weighted by molar-refractivity contribution is 0.101. The van der Waals surface area contributed by atoms with Gasteiger partial charge in [0.1, 0.15) is 10.7 Å². The summed E-state index contributed by atoms with van der Waals surface area (Å²) in [4.78, 5) is 10.7. The minimum Gasteiger partial charge on any atom is -0.294 e. The molecule has 19 heavy (non-hydrogen) atoms. The number of Topliss-reactive ketones (excluding diaryl/α,β-unsaturated/α-hetero) is 1. The van der Waals surface area contributed by atoms with Crippen LogP contribution in [0.15, 0.2) is 17.0 Å². The van der Waals surface area contributed by atoms with Crippen LogP contribution in [0, 0.1) is 5.82 Å². The molecule has 0 saturated carbocycles. The SMILES string of the molecule is CC(=O)c1cc(S(=O)(=O)NC(C)(C)C)c(F)cc1Cl. The fourth-order valence-corrected chi connectivity index (χ4v) is 3.25. The molecule has 0 aliphatic carbocycles. The summed E-state index contributed by atoms with van der Waals surface area (Å²) in [6.07, 6.45) is 0. The Balaban J connectivity index is 3.43. The first-order valence-corrected chi connectivity index (χ1v) is 7.34. The lowest BCUT2D eigenvalue weighted by Gasteiger charge is -2.20. The fraction of sp³-hybridized carbons (Fsp3) is 0.417. The van der Waals surface area contributed by atoms with Crippen LogP contribution in [-0.2, 0) is 10.0 Å². The van der Waals surface area contributed by atoms with Crippen molar-refractivity contribution in [1.29, 1.82) is 0 Å². The van der Waals surface area contributed by atoms with Gasteiger partial charge in [-0.15, -0.1) is 0 Å². The van der Waals surface area contributed by atoms with E-state index in [0.717, 1.165) is 12.1 Å². The molecule has 0 aliphatic heterocycles. The van der Waals surface area contributed by atoms with Gasteiger partial charge in [-0.3, -0.25) is 4.79 Å². The fourth-order valence-electron chi connectivity index (χ4n) is 1.46. The normalized spacial score (nSPS) is 12.5. The molecular formula is C12H15ClFNO3S. The van der Waals surface area contributed by atoms with Gasteiger partial charge in [-0.1, -0.05) is 11.6 Å². The number of benzene rings is 1. The second-order valence-corrected chi connectivity index (χ2v) is 7.23. The van der Waals surface area contributed by atoms with Crippen molar-refractivity contribution in [3.63, 3.8) is 0 Å². The van der Waals surface area contributed by atoms with Crippen LogP contribution in [0.3, 0.4) is 0 Å². The number of ketones is 1. The molecule has 7 heteroatoms. The highest BCUT2D eigenvalue weighted by Gasteiger charge is 2.26. The Kier molecular flexibility index (Phi) is 4.39. The number of rotatable bonds is 3. The van der Waals surface area contributed by atoms with E-state index < -0.39 is 32.1 Å². The monoisotopic (exact) mass is 307 g/mol. The van der Waals surface area contributed by atoms with Crippen LogP contribution < -0.4 is 4.72 Å². The van der Waals surface area contributed by atoms with Gasteiger partial charge in [-0.2, -0.15) is 0 Å². The van der Waals surface area contributed by atoms with Gasteiger partial charge in [0.15, 0.2) is 5.78 Å². The number of nitrogens with one attached hydrogen (secondary N) is 1.